The number of aliphatic carboxylic acids is 1. The van der Waals surface area contributed by atoms with Crippen molar-refractivity contribution in [3.63, 3.8) is 0 Å². The van der Waals surface area contributed by atoms with Gasteiger partial charge in [0.25, 0.3) is 0 Å². The summed E-state index contributed by atoms with van der Waals surface area (Å²) in [6.45, 7) is 3.88. The summed E-state index contributed by atoms with van der Waals surface area (Å²) in [6, 6.07) is 7.19. The smallest absolute Gasteiger partial charge is 0.326 e. The highest BCUT2D eigenvalue weighted by Crippen LogP contribution is 2.15. The van der Waals surface area contributed by atoms with Crippen molar-refractivity contribution >= 4 is 22.8 Å². The van der Waals surface area contributed by atoms with Crippen LogP contribution in [0.25, 0.3) is 10.9 Å². The number of carboxylic acid groups (broad SMARTS) is 1. The highest BCUT2D eigenvalue weighted by molar-refractivity contribution is 5.84. The molecule has 0 fully saturated rings. The predicted octanol–water partition coefficient (Wildman–Crippen LogP) is 2.72. The Kier molecular flexibility index (Phi) is 5.20. The molecule has 3 N–H and O–H groups in total. The lowest BCUT2D eigenvalue weighted by Gasteiger charge is -2.16. The number of benzene rings is 1. The number of carbonyl (C=O) groups is 2. The van der Waals surface area contributed by atoms with Crippen molar-refractivity contribution in [2.24, 2.45) is 5.92 Å². The summed E-state index contributed by atoms with van der Waals surface area (Å²) in [5.41, 5.74) is 2.13. The van der Waals surface area contributed by atoms with Gasteiger partial charge >= 0.3 is 5.97 Å². The van der Waals surface area contributed by atoms with Crippen LogP contribution in [0.4, 0.5) is 0 Å². The molecule has 1 aromatic carbocycles. The monoisotopic (exact) mass is 302 g/mol. The first-order chi connectivity index (χ1) is 10.5. The number of carboxylic acids is 1. The molecule has 22 heavy (non-hydrogen) atoms. The van der Waals surface area contributed by atoms with Gasteiger partial charge in [-0.2, -0.15) is 0 Å². The number of aromatic nitrogens is 1. The van der Waals surface area contributed by atoms with Gasteiger partial charge in [0, 0.05) is 18.1 Å². The fourth-order valence-corrected chi connectivity index (χ4v) is 2.48. The Labute approximate surface area is 129 Å². The fraction of sp³-hybridized carbons (Fsp3) is 0.412. The topological polar surface area (TPSA) is 82.2 Å². The Morgan fingerprint density at radius 1 is 1.27 bits per heavy atom. The molecule has 2 rings (SSSR count). The molecule has 1 aromatic heterocycles. The molecule has 0 spiro atoms. The van der Waals surface area contributed by atoms with E-state index in [9.17, 15) is 9.59 Å². The van der Waals surface area contributed by atoms with E-state index in [0.717, 1.165) is 16.5 Å². The zero-order chi connectivity index (χ0) is 16.1. The van der Waals surface area contributed by atoms with Crippen LogP contribution in [0.5, 0.6) is 0 Å². The van der Waals surface area contributed by atoms with Crippen LogP contribution in [0, 0.1) is 5.92 Å². The Morgan fingerprint density at radius 2 is 2.05 bits per heavy atom. The number of nitrogens with one attached hydrogen (secondary N) is 2. The van der Waals surface area contributed by atoms with E-state index in [1.165, 1.54) is 0 Å². The standard InChI is InChI=1S/C17H22N2O3/c1-11(2)9-15(17(21)22)19-16(20)6-4-12-3-5-14-13(10-12)7-8-18-14/h3,5,7-8,10-11,15,18H,4,6,9H2,1-2H3,(H,19,20)(H,21,22). The Hall–Kier alpha value is -2.30. The zero-order valence-electron chi connectivity index (χ0n) is 12.9. The van der Waals surface area contributed by atoms with Gasteiger partial charge in [0.2, 0.25) is 5.91 Å². The van der Waals surface area contributed by atoms with E-state index in [1.807, 2.05) is 44.3 Å². The molecule has 1 amide bonds. The van der Waals surface area contributed by atoms with Crippen LogP contribution in [-0.2, 0) is 16.0 Å². The van der Waals surface area contributed by atoms with E-state index < -0.39 is 12.0 Å². The first-order valence-electron chi connectivity index (χ1n) is 7.54. The number of aryl methyl sites for hydroxylation is 1. The van der Waals surface area contributed by atoms with Crippen molar-refractivity contribution in [3.8, 4) is 0 Å². The fourth-order valence-electron chi connectivity index (χ4n) is 2.48. The summed E-state index contributed by atoms with van der Waals surface area (Å²) in [4.78, 5) is 26.2. The number of hydrogen-bond donors (Lipinski definition) is 3. The van der Waals surface area contributed by atoms with Gasteiger partial charge < -0.3 is 15.4 Å². The average Bonchev–Trinajstić information content (AvgIpc) is 2.91. The largest absolute Gasteiger partial charge is 0.480 e. The molecule has 1 atom stereocenters. The first-order valence-corrected chi connectivity index (χ1v) is 7.54. The third-order valence-electron chi connectivity index (χ3n) is 3.60. The molecule has 1 unspecified atom stereocenters. The van der Waals surface area contributed by atoms with E-state index in [0.29, 0.717) is 12.8 Å². The summed E-state index contributed by atoms with van der Waals surface area (Å²) in [5, 5.41) is 12.9. The number of rotatable bonds is 7. The molecule has 5 heteroatoms. The van der Waals surface area contributed by atoms with Crippen LogP contribution >= 0.6 is 0 Å². The summed E-state index contributed by atoms with van der Waals surface area (Å²) in [5.74, 6) is -0.976. The normalized spacial score (nSPS) is 12.5. The molecule has 0 saturated carbocycles. The average molecular weight is 302 g/mol. The number of fused-ring (bicyclic) bond motifs is 1. The Morgan fingerprint density at radius 3 is 2.73 bits per heavy atom. The van der Waals surface area contributed by atoms with Gasteiger partial charge in [-0.15, -0.1) is 0 Å². The van der Waals surface area contributed by atoms with Gasteiger partial charge in [0.1, 0.15) is 6.04 Å². The minimum Gasteiger partial charge on any atom is -0.480 e. The van der Waals surface area contributed by atoms with Crippen molar-refractivity contribution in [1.29, 1.82) is 0 Å². The van der Waals surface area contributed by atoms with Crippen molar-refractivity contribution < 1.29 is 14.7 Å². The second-order valence-electron chi connectivity index (χ2n) is 5.99. The molecule has 0 bridgehead atoms. The van der Waals surface area contributed by atoms with Gasteiger partial charge in [0.05, 0.1) is 0 Å². The van der Waals surface area contributed by atoms with E-state index in [2.05, 4.69) is 10.3 Å². The minimum absolute atomic E-state index is 0.220. The van der Waals surface area contributed by atoms with Crippen LogP contribution in [0.3, 0.4) is 0 Å². The highest BCUT2D eigenvalue weighted by Gasteiger charge is 2.20. The molecule has 5 nitrogen and oxygen atoms in total. The molecule has 0 aliphatic carbocycles. The second-order valence-corrected chi connectivity index (χ2v) is 5.99. The Balaban J connectivity index is 1.89. The van der Waals surface area contributed by atoms with Crippen molar-refractivity contribution in [1.82, 2.24) is 10.3 Å². The third kappa shape index (κ3) is 4.35. The van der Waals surface area contributed by atoms with Crippen molar-refractivity contribution in [3.05, 3.63) is 36.0 Å². The van der Waals surface area contributed by atoms with Gasteiger partial charge in [-0.3, -0.25) is 4.79 Å². The number of amides is 1. The number of aromatic amines is 1. The van der Waals surface area contributed by atoms with Gasteiger partial charge in [-0.1, -0.05) is 19.9 Å². The third-order valence-corrected chi connectivity index (χ3v) is 3.60. The summed E-state index contributed by atoms with van der Waals surface area (Å²) >= 11 is 0. The molecule has 0 aliphatic heterocycles. The van der Waals surface area contributed by atoms with E-state index >= 15 is 0 Å². The minimum atomic E-state index is -0.976. The van der Waals surface area contributed by atoms with Crippen LogP contribution < -0.4 is 5.32 Å². The summed E-state index contributed by atoms with van der Waals surface area (Å²) < 4.78 is 0. The van der Waals surface area contributed by atoms with Gasteiger partial charge in [-0.25, -0.2) is 4.79 Å². The van der Waals surface area contributed by atoms with Crippen LogP contribution in [-0.4, -0.2) is 28.0 Å². The molecule has 0 radical (unpaired) electrons. The predicted molar refractivity (Wildman–Crippen MR) is 85.6 cm³/mol. The van der Waals surface area contributed by atoms with E-state index in [1.54, 1.807) is 0 Å². The number of carbonyl (C=O) groups excluding carboxylic acids is 1. The maximum absolute atomic E-state index is 11.9. The van der Waals surface area contributed by atoms with Crippen molar-refractivity contribution in [2.45, 2.75) is 39.2 Å². The van der Waals surface area contributed by atoms with E-state index in [4.69, 9.17) is 5.11 Å². The van der Waals surface area contributed by atoms with Crippen LogP contribution in [0.15, 0.2) is 30.5 Å². The Bertz CT molecular complexity index is 661. The second kappa shape index (κ2) is 7.11. The zero-order valence-corrected chi connectivity index (χ0v) is 12.9. The van der Waals surface area contributed by atoms with Gasteiger partial charge in [-0.05, 0) is 47.9 Å². The lowest BCUT2D eigenvalue weighted by atomic mass is 10.0. The molecular weight excluding hydrogens is 280 g/mol. The molecule has 118 valence electrons. The summed E-state index contributed by atoms with van der Waals surface area (Å²) in [6.07, 6.45) is 3.21. The molecule has 1 heterocycles. The van der Waals surface area contributed by atoms with Gasteiger partial charge in [0.15, 0.2) is 0 Å². The molecule has 0 saturated heterocycles. The van der Waals surface area contributed by atoms with Crippen LogP contribution in [0.1, 0.15) is 32.3 Å². The molecular formula is C17H22N2O3. The highest BCUT2D eigenvalue weighted by atomic mass is 16.4. The number of H-pyrrole nitrogens is 1. The maximum Gasteiger partial charge on any atom is 0.326 e. The maximum atomic E-state index is 11.9. The molecule has 2 aromatic rings. The molecule has 0 aliphatic rings. The number of hydrogen-bond acceptors (Lipinski definition) is 2. The lowest BCUT2D eigenvalue weighted by molar-refractivity contribution is -0.142. The summed E-state index contributed by atoms with van der Waals surface area (Å²) in [7, 11) is 0. The van der Waals surface area contributed by atoms with E-state index in [-0.39, 0.29) is 18.2 Å². The van der Waals surface area contributed by atoms with Crippen molar-refractivity contribution in [2.75, 3.05) is 0 Å². The van der Waals surface area contributed by atoms with Crippen LogP contribution in [0.2, 0.25) is 0 Å². The quantitative estimate of drug-likeness (QED) is 0.735. The lowest BCUT2D eigenvalue weighted by Crippen LogP contribution is -2.41. The SMILES string of the molecule is CC(C)CC(NC(=O)CCc1ccc2[nH]ccc2c1)C(=O)O. The first kappa shape index (κ1) is 16.1.